The molecule has 3 aromatic carbocycles. The van der Waals surface area contributed by atoms with Gasteiger partial charge in [0.25, 0.3) is 0 Å². The Morgan fingerprint density at radius 2 is 1.37 bits per heavy atom. The van der Waals surface area contributed by atoms with Crippen molar-refractivity contribution in [2.75, 3.05) is 7.05 Å². The summed E-state index contributed by atoms with van der Waals surface area (Å²) < 4.78 is 5.95. The average molecular weight is 1040 g/mol. The van der Waals surface area contributed by atoms with Crippen LogP contribution in [-0.4, -0.2) is 151 Å². The summed E-state index contributed by atoms with van der Waals surface area (Å²) in [6.07, 6.45) is -6.26. The van der Waals surface area contributed by atoms with Crippen molar-refractivity contribution in [1.82, 2.24) is 36.4 Å². The lowest BCUT2D eigenvalue weighted by atomic mass is 9.93. The first-order valence-electron chi connectivity index (χ1n) is 25.0. The number of carbonyl (C=O) groups is 9. The topological polar surface area (TPSA) is 336 Å². The fraction of sp³-hybridized carbons (Fsp3) is 0.491. The molecule has 3 aromatic rings. The maximum atomic E-state index is 14.8. The molecule has 22 heteroatoms. The Labute approximate surface area is 435 Å². The van der Waals surface area contributed by atoms with Gasteiger partial charge in [-0.25, -0.2) is 4.79 Å². The number of cyclic esters (lactones) is 1. The highest BCUT2D eigenvalue weighted by Crippen LogP contribution is 2.27. The van der Waals surface area contributed by atoms with Crippen LogP contribution in [0.4, 0.5) is 0 Å². The summed E-state index contributed by atoms with van der Waals surface area (Å²) in [4.78, 5) is 130. The first kappa shape index (κ1) is 58.3. The van der Waals surface area contributed by atoms with Gasteiger partial charge in [0.05, 0.1) is 0 Å². The van der Waals surface area contributed by atoms with Crippen molar-refractivity contribution in [3.05, 3.63) is 95.6 Å². The van der Waals surface area contributed by atoms with Gasteiger partial charge in [-0.05, 0) is 79.0 Å². The Morgan fingerprint density at radius 1 is 0.773 bits per heavy atom. The number of likely N-dealkylation sites (N-methyl/N-ethyl adjacent to an activating group) is 1. The molecule has 11 N–H and O–H groups in total. The highest BCUT2D eigenvalue weighted by atomic mass is 16.5. The molecular formula is C53H70N8O14. The van der Waals surface area contributed by atoms with Gasteiger partial charge in [-0.15, -0.1) is 0 Å². The average Bonchev–Trinajstić information content (AvgIpc) is 3.37. The lowest BCUT2D eigenvalue weighted by Crippen LogP contribution is -2.66. The van der Waals surface area contributed by atoms with E-state index in [0.29, 0.717) is 23.1 Å². The van der Waals surface area contributed by atoms with Crippen LogP contribution in [0.1, 0.15) is 83.4 Å². The third-order valence-electron chi connectivity index (χ3n) is 13.6. The number of ether oxygens (including phenoxy) is 1. The van der Waals surface area contributed by atoms with Gasteiger partial charge in [-0.3, -0.25) is 38.4 Å². The summed E-state index contributed by atoms with van der Waals surface area (Å²) in [6, 6.07) is 9.38. The normalized spacial score (nSPS) is 24.5. The van der Waals surface area contributed by atoms with Gasteiger partial charge in [-0.2, -0.15) is 0 Å². The van der Waals surface area contributed by atoms with Crippen molar-refractivity contribution in [3.8, 4) is 11.5 Å². The SMILES string of the molecule is CC[C@H](C)[C@@H]1NC(=O)C(Cc2ccccc2)N(C)C(=O)[C@H](C(C)C)N2C(=O)[C@H](CC[C@H]2O)NC(=O)[C@H](Cc2ccc(O)cc2)NC(=O)[C@@H](NC(=O)[C@H](CCC(N)=O)NC(=O)C(O)Cc2ccc(O)cc2)[C@@H](C)OC1=O. The Balaban J connectivity index is 1.60. The fourth-order valence-corrected chi connectivity index (χ4v) is 8.97. The number of phenols is 2. The van der Waals surface area contributed by atoms with Crippen molar-refractivity contribution in [2.45, 2.75) is 147 Å². The third kappa shape index (κ3) is 15.7. The maximum Gasteiger partial charge on any atom is 0.329 e. The number of aliphatic hydroxyl groups is 2. The number of amides is 8. The number of aliphatic hydroxyl groups excluding tert-OH is 2. The minimum atomic E-state index is -1.91. The van der Waals surface area contributed by atoms with E-state index in [1.807, 2.05) is 0 Å². The standard InChI is InChI=1S/C53H70N8O14/c1-7-29(4)43-53(74)75-30(5)44(59-46(67)36(21-23-41(54)65)55-49(70)40(64)27-33-15-19-35(63)20-16-33)50(71)57-38(25-32-13-17-34(62)18-14-32)47(68)56-37-22-24-42(66)61(51(37)72)45(28(2)3)52(73)60(6)39(48(69)58-43)26-31-11-9-8-10-12-31/h8-20,28-30,36-40,42-45,62-64,66H,7,21-27H2,1-6H3,(H2,54,65)(H,55,70)(H,56,68)(H,57,71)(H,58,69)(H,59,67)/t29-,30+,36-,37-,38-,39?,40?,42+,43-,44-,45-/m0/s1. The Hall–Kier alpha value is -7.59. The predicted molar refractivity (Wildman–Crippen MR) is 270 cm³/mol. The summed E-state index contributed by atoms with van der Waals surface area (Å²) in [7, 11) is 1.38. The molecule has 11 atom stereocenters. The number of aromatic hydroxyl groups is 2. The molecule has 406 valence electrons. The second kappa shape index (κ2) is 26.6. The summed E-state index contributed by atoms with van der Waals surface area (Å²) in [5, 5.41) is 55.0. The van der Waals surface area contributed by atoms with Crippen molar-refractivity contribution in [1.29, 1.82) is 0 Å². The number of carbonyl (C=O) groups excluding carboxylic acids is 9. The second-order valence-corrected chi connectivity index (χ2v) is 19.6. The van der Waals surface area contributed by atoms with E-state index in [2.05, 4.69) is 26.6 Å². The molecular weight excluding hydrogens is 973 g/mol. The Kier molecular flexibility index (Phi) is 20.7. The molecule has 2 unspecified atom stereocenters. The summed E-state index contributed by atoms with van der Waals surface area (Å²) >= 11 is 0. The van der Waals surface area contributed by atoms with Gasteiger partial charge >= 0.3 is 5.97 Å². The molecule has 75 heavy (non-hydrogen) atoms. The highest BCUT2D eigenvalue weighted by molar-refractivity contribution is 5.98. The molecule has 2 aliphatic heterocycles. The van der Waals surface area contributed by atoms with E-state index in [-0.39, 0.29) is 43.6 Å². The number of rotatable bonds is 16. The first-order chi connectivity index (χ1) is 35.5. The predicted octanol–water partition coefficient (Wildman–Crippen LogP) is -0.0401. The van der Waals surface area contributed by atoms with Crippen LogP contribution in [0.15, 0.2) is 78.9 Å². The van der Waals surface area contributed by atoms with Gasteiger partial charge in [0.1, 0.15) is 72.2 Å². The van der Waals surface area contributed by atoms with Crippen molar-refractivity contribution in [3.63, 3.8) is 0 Å². The monoisotopic (exact) mass is 1040 g/mol. The van der Waals surface area contributed by atoms with E-state index in [0.717, 1.165) is 9.80 Å². The molecule has 2 aliphatic rings. The van der Waals surface area contributed by atoms with E-state index < -0.39 is 139 Å². The van der Waals surface area contributed by atoms with Crippen LogP contribution in [0, 0.1) is 11.8 Å². The molecule has 0 saturated carbocycles. The number of hydrogen-bond acceptors (Lipinski definition) is 14. The van der Waals surface area contributed by atoms with E-state index in [4.69, 9.17) is 10.5 Å². The molecule has 0 aliphatic carbocycles. The second-order valence-electron chi connectivity index (χ2n) is 19.6. The molecule has 2 fully saturated rings. The first-order valence-corrected chi connectivity index (χ1v) is 25.0. The quantitative estimate of drug-likeness (QED) is 0.0843. The number of esters is 1. The lowest BCUT2D eigenvalue weighted by molar-refractivity contribution is -0.167. The minimum absolute atomic E-state index is 0.0588. The summed E-state index contributed by atoms with van der Waals surface area (Å²) in [6.45, 7) is 7.98. The van der Waals surface area contributed by atoms with Crippen molar-refractivity contribution >= 4 is 53.2 Å². The summed E-state index contributed by atoms with van der Waals surface area (Å²) in [5.74, 6) is -9.96. The van der Waals surface area contributed by atoms with Crippen LogP contribution >= 0.6 is 0 Å². The number of primary amides is 1. The smallest absolute Gasteiger partial charge is 0.329 e. The molecule has 5 rings (SSSR count). The number of nitrogens with one attached hydrogen (secondary N) is 5. The molecule has 22 nitrogen and oxygen atoms in total. The van der Waals surface area contributed by atoms with Gasteiger partial charge in [0, 0.05) is 32.7 Å². The maximum absolute atomic E-state index is 14.8. The van der Waals surface area contributed by atoms with Gasteiger partial charge in [0.2, 0.25) is 47.3 Å². The minimum Gasteiger partial charge on any atom is -0.508 e. The van der Waals surface area contributed by atoms with Crippen LogP contribution < -0.4 is 32.3 Å². The number of nitrogens with two attached hydrogens (primary N) is 1. The number of piperidine rings is 1. The van der Waals surface area contributed by atoms with E-state index in [1.165, 1.54) is 62.5 Å². The van der Waals surface area contributed by atoms with E-state index in [1.54, 1.807) is 58.0 Å². The number of nitrogens with zero attached hydrogens (tertiary/aromatic N) is 2. The van der Waals surface area contributed by atoms with Gasteiger partial charge in [-0.1, -0.05) is 88.7 Å². The van der Waals surface area contributed by atoms with Crippen molar-refractivity contribution in [2.24, 2.45) is 17.6 Å². The number of hydrogen-bond donors (Lipinski definition) is 10. The zero-order chi connectivity index (χ0) is 55.3. The number of benzene rings is 3. The molecule has 0 spiro atoms. The van der Waals surface area contributed by atoms with Gasteiger partial charge in [0.15, 0.2) is 0 Å². The van der Waals surface area contributed by atoms with Crippen molar-refractivity contribution < 1.29 is 68.3 Å². The zero-order valence-electron chi connectivity index (χ0n) is 42.9. The highest BCUT2D eigenvalue weighted by Gasteiger charge is 2.47. The molecule has 0 aromatic heterocycles. The van der Waals surface area contributed by atoms with E-state index in [9.17, 15) is 63.6 Å². The molecule has 2 bridgehead atoms. The third-order valence-corrected chi connectivity index (χ3v) is 13.6. The van der Waals surface area contributed by atoms with Gasteiger partial charge < -0.3 is 67.3 Å². The Morgan fingerprint density at radius 3 is 1.96 bits per heavy atom. The lowest BCUT2D eigenvalue weighted by Gasteiger charge is -2.44. The fourth-order valence-electron chi connectivity index (χ4n) is 8.97. The van der Waals surface area contributed by atoms with Crippen LogP contribution in [0.3, 0.4) is 0 Å². The zero-order valence-corrected chi connectivity index (χ0v) is 42.9. The Bertz CT molecular complexity index is 2510. The summed E-state index contributed by atoms with van der Waals surface area (Å²) in [5.41, 5.74) is 6.92. The number of phenolic OH excluding ortho intramolecular Hbond substituents is 2. The number of fused-ring (bicyclic) bond motifs is 2. The molecule has 2 saturated heterocycles. The van der Waals surface area contributed by atoms with Crippen LogP contribution in [0.5, 0.6) is 11.5 Å². The molecule has 0 radical (unpaired) electrons. The largest absolute Gasteiger partial charge is 0.508 e. The van der Waals surface area contributed by atoms with Crippen LogP contribution in [0.2, 0.25) is 0 Å². The molecule has 2 heterocycles. The molecule has 8 amide bonds. The van der Waals surface area contributed by atoms with Crippen LogP contribution in [-0.2, 0) is 67.2 Å². The van der Waals surface area contributed by atoms with Crippen LogP contribution in [0.25, 0.3) is 0 Å². The van der Waals surface area contributed by atoms with E-state index >= 15 is 0 Å².